The number of oxime groups is 1. The lowest BCUT2D eigenvalue weighted by atomic mass is 10.2. The topological polar surface area (TPSA) is 96.9 Å². The van der Waals surface area contributed by atoms with Gasteiger partial charge in [0, 0.05) is 17.0 Å². The van der Waals surface area contributed by atoms with Crippen molar-refractivity contribution in [3.05, 3.63) is 45.1 Å². The minimum absolute atomic E-state index is 0.0576. The van der Waals surface area contributed by atoms with Gasteiger partial charge in [0.05, 0.1) is 22.7 Å². The quantitative estimate of drug-likeness (QED) is 0.348. The molecule has 0 saturated carbocycles. The number of thiophene rings is 1. The molecule has 0 spiro atoms. The first kappa shape index (κ1) is 15.1. The van der Waals surface area contributed by atoms with Crippen LogP contribution in [0.5, 0.6) is 5.75 Å². The van der Waals surface area contributed by atoms with Gasteiger partial charge >= 0.3 is 0 Å². The summed E-state index contributed by atoms with van der Waals surface area (Å²) in [6.45, 7) is 0. The highest BCUT2D eigenvalue weighted by atomic mass is 35.5. The molecule has 21 heavy (non-hydrogen) atoms. The predicted molar refractivity (Wildman–Crippen MR) is 82.8 cm³/mol. The number of methoxy groups -OCH3 is 1. The van der Waals surface area contributed by atoms with Crippen LogP contribution in [0.1, 0.15) is 15.2 Å². The van der Waals surface area contributed by atoms with Crippen LogP contribution in [0.25, 0.3) is 0 Å². The van der Waals surface area contributed by atoms with Crippen LogP contribution in [-0.4, -0.2) is 24.1 Å². The van der Waals surface area contributed by atoms with Crippen LogP contribution < -0.4 is 15.8 Å². The van der Waals surface area contributed by atoms with Gasteiger partial charge in [0.15, 0.2) is 5.84 Å². The number of hydrogen-bond acceptors (Lipinski definition) is 5. The molecule has 8 heteroatoms. The third-order valence-electron chi connectivity index (χ3n) is 2.66. The van der Waals surface area contributed by atoms with E-state index in [1.165, 1.54) is 24.5 Å². The number of ether oxygens (including phenoxy) is 1. The molecule has 0 aliphatic heterocycles. The first-order chi connectivity index (χ1) is 10.0. The Bertz CT molecular complexity index is 700. The van der Waals surface area contributed by atoms with E-state index in [-0.39, 0.29) is 16.8 Å². The normalized spacial score (nSPS) is 11.2. The number of rotatable bonds is 4. The van der Waals surface area contributed by atoms with Crippen molar-refractivity contribution in [2.45, 2.75) is 0 Å². The van der Waals surface area contributed by atoms with Crippen LogP contribution in [-0.2, 0) is 0 Å². The predicted octanol–water partition coefficient (Wildman–Crippen LogP) is 2.76. The Morgan fingerprint density at radius 3 is 2.81 bits per heavy atom. The number of anilines is 1. The number of benzene rings is 1. The molecule has 1 heterocycles. The molecular formula is C13H12ClN3O3S. The number of hydrogen-bond donors (Lipinski definition) is 3. The average molecular weight is 326 g/mol. The fraction of sp³-hybridized carbons (Fsp3) is 0.0769. The zero-order chi connectivity index (χ0) is 15.4. The maximum atomic E-state index is 12.1. The Balaban J connectivity index is 2.18. The molecule has 1 aromatic carbocycles. The first-order valence-electron chi connectivity index (χ1n) is 5.76. The maximum Gasteiger partial charge on any atom is 0.265 e. The van der Waals surface area contributed by atoms with Crippen molar-refractivity contribution in [3.63, 3.8) is 0 Å². The molecule has 0 radical (unpaired) electrons. The molecule has 2 aromatic rings. The van der Waals surface area contributed by atoms with E-state index in [9.17, 15) is 4.79 Å². The second-order valence-electron chi connectivity index (χ2n) is 3.98. The van der Waals surface area contributed by atoms with Crippen LogP contribution in [0.3, 0.4) is 0 Å². The molecular weight excluding hydrogens is 314 g/mol. The number of carbonyl (C=O) groups is 1. The van der Waals surface area contributed by atoms with Gasteiger partial charge in [-0.3, -0.25) is 4.79 Å². The number of nitrogens with zero attached hydrogens (tertiary/aromatic N) is 1. The van der Waals surface area contributed by atoms with Crippen molar-refractivity contribution in [1.82, 2.24) is 0 Å². The third kappa shape index (κ3) is 3.45. The first-order valence-corrected chi connectivity index (χ1v) is 7.02. The molecule has 0 aliphatic rings. The van der Waals surface area contributed by atoms with E-state index in [2.05, 4.69) is 10.5 Å². The number of nitrogens with two attached hydrogens (primary N) is 1. The van der Waals surface area contributed by atoms with E-state index < -0.39 is 0 Å². The third-order valence-corrected chi connectivity index (χ3v) is 3.88. The molecule has 1 aromatic heterocycles. The van der Waals surface area contributed by atoms with Crippen LogP contribution in [0.4, 0.5) is 5.69 Å². The lowest BCUT2D eigenvalue weighted by molar-refractivity contribution is 0.103. The fourth-order valence-corrected chi connectivity index (χ4v) is 2.54. The molecule has 2 rings (SSSR count). The van der Waals surface area contributed by atoms with Crippen LogP contribution in [0, 0.1) is 0 Å². The van der Waals surface area contributed by atoms with Gasteiger partial charge in [-0.25, -0.2) is 0 Å². The van der Waals surface area contributed by atoms with Crippen molar-refractivity contribution in [3.8, 4) is 5.75 Å². The molecule has 1 amide bonds. The Hall–Kier alpha value is -2.25. The van der Waals surface area contributed by atoms with Gasteiger partial charge in [-0.1, -0.05) is 16.8 Å². The summed E-state index contributed by atoms with van der Waals surface area (Å²) in [6.07, 6.45) is 0. The summed E-state index contributed by atoms with van der Waals surface area (Å²) in [4.78, 5) is 12.6. The highest BCUT2D eigenvalue weighted by Crippen LogP contribution is 2.26. The number of carbonyl (C=O) groups excluding carboxylic acids is 1. The van der Waals surface area contributed by atoms with E-state index in [0.717, 1.165) is 0 Å². The smallest absolute Gasteiger partial charge is 0.265 e. The van der Waals surface area contributed by atoms with Gasteiger partial charge in [-0.2, -0.15) is 0 Å². The maximum absolute atomic E-state index is 12.1. The van der Waals surface area contributed by atoms with Crippen LogP contribution in [0.15, 0.2) is 34.8 Å². The van der Waals surface area contributed by atoms with Gasteiger partial charge in [0.2, 0.25) is 0 Å². The highest BCUT2D eigenvalue weighted by molar-refractivity contribution is 7.12. The van der Waals surface area contributed by atoms with Crippen LogP contribution in [0.2, 0.25) is 5.02 Å². The van der Waals surface area contributed by atoms with Crippen molar-refractivity contribution < 1.29 is 14.7 Å². The van der Waals surface area contributed by atoms with Crippen molar-refractivity contribution >= 4 is 40.4 Å². The number of halogens is 1. The minimum atomic E-state index is -0.290. The molecule has 0 atom stereocenters. The monoisotopic (exact) mass is 325 g/mol. The lowest BCUT2D eigenvalue weighted by Crippen LogP contribution is -2.14. The van der Waals surface area contributed by atoms with E-state index in [1.54, 1.807) is 23.6 Å². The molecule has 0 saturated heterocycles. The lowest BCUT2D eigenvalue weighted by Gasteiger charge is -2.07. The van der Waals surface area contributed by atoms with Crippen LogP contribution >= 0.6 is 22.9 Å². The zero-order valence-electron chi connectivity index (χ0n) is 11.0. The van der Waals surface area contributed by atoms with Gasteiger partial charge < -0.3 is 21.0 Å². The van der Waals surface area contributed by atoms with Crippen molar-refractivity contribution in [1.29, 1.82) is 0 Å². The number of nitrogens with one attached hydrogen (secondary N) is 1. The van der Waals surface area contributed by atoms with E-state index in [4.69, 9.17) is 27.3 Å². The summed E-state index contributed by atoms with van der Waals surface area (Å²) in [5, 5.41) is 16.2. The Labute approximate surface area is 129 Å². The van der Waals surface area contributed by atoms with Gasteiger partial charge in [-0.15, -0.1) is 11.3 Å². The summed E-state index contributed by atoms with van der Waals surface area (Å²) in [7, 11) is 1.53. The average Bonchev–Trinajstić information content (AvgIpc) is 2.97. The Kier molecular flexibility index (Phi) is 4.66. The SMILES string of the molecule is COc1csc(C(=O)Nc2ccc(/C(N)=N/O)cc2Cl)c1. The van der Waals surface area contributed by atoms with Crippen molar-refractivity contribution in [2.24, 2.45) is 10.9 Å². The van der Waals surface area contributed by atoms with Crippen molar-refractivity contribution in [2.75, 3.05) is 12.4 Å². The molecule has 0 unspecified atom stereocenters. The zero-order valence-corrected chi connectivity index (χ0v) is 12.5. The summed E-state index contributed by atoms with van der Waals surface area (Å²) in [5.74, 6) is 0.276. The van der Waals surface area contributed by atoms with E-state index in [0.29, 0.717) is 21.9 Å². The molecule has 0 fully saturated rings. The van der Waals surface area contributed by atoms with Gasteiger partial charge in [0.1, 0.15) is 5.75 Å². The highest BCUT2D eigenvalue weighted by Gasteiger charge is 2.12. The van der Waals surface area contributed by atoms with E-state index in [1.807, 2.05) is 0 Å². The summed E-state index contributed by atoms with van der Waals surface area (Å²) < 4.78 is 5.03. The molecule has 110 valence electrons. The van der Waals surface area contributed by atoms with Gasteiger partial charge in [-0.05, 0) is 18.2 Å². The fourth-order valence-electron chi connectivity index (χ4n) is 1.56. The number of amidine groups is 1. The standard InChI is InChI=1S/C13H12ClN3O3S/c1-20-8-5-11(21-6-8)13(18)16-10-3-2-7(4-9(10)14)12(15)17-19/h2-6,19H,1H3,(H2,15,17)(H,16,18). The molecule has 6 nitrogen and oxygen atoms in total. The second-order valence-corrected chi connectivity index (χ2v) is 5.30. The van der Waals surface area contributed by atoms with Gasteiger partial charge in [0.25, 0.3) is 5.91 Å². The Morgan fingerprint density at radius 2 is 2.24 bits per heavy atom. The largest absolute Gasteiger partial charge is 0.496 e. The summed E-state index contributed by atoms with van der Waals surface area (Å²) in [6, 6.07) is 6.31. The Morgan fingerprint density at radius 1 is 1.48 bits per heavy atom. The minimum Gasteiger partial charge on any atom is -0.496 e. The number of amides is 1. The molecule has 4 N–H and O–H groups in total. The van der Waals surface area contributed by atoms with E-state index >= 15 is 0 Å². The summed E-state index contributed by atoms with van der Waals surface area (Å²) >= 11 is 7.33. The molecule has 0 bridgehead atoms. The summed E-state index contributed by atoms with van der Waals surface area (Å²) in [5.41, 5.74) is 6.36. The molecule has 0 aliphatic carbocycles. The second kappa shape index (κ2) is 6.47.